The molecule has 0 bridgehead atoms. The van der Waals surface area contributed by atoms with Crippen LogP contribution in [0.1, 0.15) is 12.6 Å². The number of alkyl halides is 3. The fourth-order valence-corrected chi connectivity index (χ4v) is 1.89. The Balaban J connectivity index is 2.50. The van der Waals surface area contributed by atoms with Crippen LogP contribution in [0.15, 0.2) is 30.6 Å². The molecule has 0 aliphatic heterocycles. The molecule has 2 aromatic rings. The van der Waals surface area contributed by atoms with Gasteiger partial charge in [-0.2, -0.15) is 13.2 Å². The van der Waals surface area contributed by atoms with Gasteiger partial charge in [-0.3, -0.25) is 4.98 Å². The van der Waals surface area contributed by atoms with Gasteiger partial charge in [0.05, 0.1) is 6.10 Å². The fourth-order valence-electron chi connectivity index (χ4n) is 1.89. The quantitative estimate of drug-likeness (QED) is 0.939. The van der Waals surface area contributed by atoms with Crippen molar-refractivity contribution in [1.82, 2.24) is 15.0 Å². The summed E-state index contributed by atoms with van der Waals surface area (Å²) in [6.07, 6.45) is -2.37. The Labute approximate surface area is 125 Å². The summed E-state index contributed by atoms with van der Waals surface area (Å²) in [5, 5.41) is 9.38. The Morgan fingerprint density at radius 2 is 2.05 bits per heavy atom. The Bertz CT molecular complexity index is 632. The van der Waals surface area contributed by atoms with E-state index in [9.17, 15) is 18.3 Å². The van der Waals surface area contributed by atoms with Crippen LogP contribution in [-0.4, -0.2) is 39.8 Å². The molecule has 0 unspecified atom stereocenters. The van der Waals surface area contributed by atoms with Crippen LogP contribution < -0.4 is 4.90 Å². The molecule has 0 aliphatic carbocycles. The largest absolute Gasteiger partial charge is 0.433 e. The Kier molecular flexibility index (Phi) is 4.60. The smallest absolute Gasteiger partial charge is 0.392 e. The number of nitrogens with zero attached hydrogens (tertiary/aromatic N) is 4. The van der Waals surface area contributed by atoms with Crippen LogP contribution in [0.5, 0.6) is 0 Å². The summed E-state index contributed by atoms with van der Waals surface area (Å²) in [4.78, 5) is 13.0. The highest BCUT2D eigenvalue weighted by molar-refractivity contribution is 5.57. The number of halogens is 3. The lowest BCUT2D eigenvalue weighted by Crippen LogP contribution is -2.28. The molecule has 2 rings (SSSR count). The predicted octanol–water partition coefficient (Wildman–Crippen LogP) is 2.37. The van der Waals surface area contributed by atoms with Gasteiger partial charge in [-0.15, -0.1) is 0 Å². The number of aromatic nitrogens is 3. The molecule has 1 atom stereocenters. The van der Waals surface area contributed by atoms with Crippen LogP contribution in [0.2, 0.25) is 0 Å². The van der Waals surface area contributed by atoms with Crippen molar-refractivity contribution >= 4 is 5.82 Å². The molecule has 5 nitrogen and oxygen atoms in total. The molecule has 0 spiro atoms. The Morgan fingerprint density at radius 3 is 2.59 bits per heavy atom. The standard InChI is InChI=1S/C14H15F3N4O/c1-9(22)8-21(2)12-6-11(14(15,16)17)19-13(20-12)10-4-3-5-18-7-10/h3-7,9,22H,8H2,1-2H3/t9-/m0/s1. The third-order valence-corrected chi connectivity index (χ3v) is 2.85. The zero-order chi connectivity index (χ0) is 16.3. The monoisotopic (exact) mass is 312 g/mol. The van der Waals surface area contributed by atoms with Crippen molar-refractivity contribution < 1.29 is 18.3 Å². The van der Waals surface area contributed by atoms with Gasteiger partial charge in [0.2, 0.25) is 0 Å². The number of anilines is 1. The molecular weight excluding hydrogens is 297 g/mol. The molecule has 1 N–H and O–H groups in total. The predicted molar refractivity (Wildman–Crippen MR) is 75.2 cm³/mol. The molecule has 2 heterocycles. The van der Waals surface area contributed by atoms with Gasteiger partial charge in [-0.25, -0.2) is 9.97 Å². The van der Waals surface area contributed by atoms with Crippen LogP contribution in [0.25, 0.3) is 11.4 Å². The van der Waals surface area contributed by atoms with E-state index in [1.807, 2.05) is 0 Å². The van der Waals surface area contributed by atoms with Crippen molar-refractivity contribution in [3.05, 3.63) is 36.3 Å². The molecule has 22 heavy (non-hydrogen) atoms. The van der Waals surface area contributed by atoms with Crippen LogP contribution in [0.4, 0.5) is 19.0 Å². The number of aliphatic hydroxyl groups is 1. The summed E-state index contributed by atoms with van der Waals surface area (Å²) in [5.74, 6) is 0.0254. The second-order valence-corrected chi connectivity index (χ2v) is 4.90. The van der Waals surface area contributed by atoms with E-state index < -0.39 is 18.0 Å². The van der Waals surface area contributed by atoms with Crippen molar-refractivity contribution in [2.24, 2.45) is 0 Å². The number of pyridine rings is 1. The molecule has 2 aromatic heterocycles. The molecule has 0 saturated carbocycles. The van der Waals surface area contributed by atoms with E-state index in [-0.39, 0.29) is 18.2 Å². The van der Waals surface area contributed by atoms with Crippen molar-refractivity contribution in [2.45, 2.75) is 19.2 Å². The summed E-state index contributed by atoms with van der Waals surface area (Å²) < 4.78 is 39.0. The SMILES string of the molecule is C[C@H](O)CN(C)c1cc(C(F)(F)F)nc(-c2cccnc2)n1. The van der Waals surface area contributed by atoms with Gasteiger partial charge in [-0.05, 0) is 19.1 Å². The maximum atomic E-state index is 13.0. The second kappa shape index (κ2) is 6.27. The van der Waals surface area contributed by atoms with E-state index in [0.717, 1.165) is 6.07 Å². The second-order valence-electron chi connectivity index (χ2n) is 4.90. The van der Waals surface area contributed by atoms with Crippen molar-refractivity contribution in [1.29, 1.82) is 0 Å². The first-order valence-corrected chi connectivity index (χ1v) is 6.53. The van der Waals surface area contributed by atoms with Gasteiger partial charge >= 0.3 is 6.18 Å². The highest BCUT2D eigenvalue weighted by Crippen LogP contribution is 2.31. The minimum absolute atomic E-state index is 0.0598. The molecule has 0 amide bonds. The molecule has 0 fully saturated rings. The average molecular weight is 312 g/mol. The fraction of sp³-hybridized carbons (Fsp3) is 0.357. The van der Waals surface area contributed by atoms with Gasteiger partial charge in [-0.1, -0.05) is 0 Å². The van der Waals surface area contributed by atoms with E-state index in [0.29, 0.717) is 5.56 Å². The number of rotatable bonds is 4. The van der Waals surface area contributed by atoms with E-state index in [4.69, 9.17) is 0 Å². The number of aliphatic hydroxyl groups excluding tert-OH is 1. The first kappa shape index (κ1) is 16.2. The molecule has 0 radical (unpaired) electrons. The zero-order valence-electron chi connectivity index (χ0n) is 12.0. The summed E-state index contributed by atoms with van der Waals surface area (Å²) in [6.45, 7) is 1.70. The van der Waals surface area contributed by atoms with E-state index in [2.05, 4.69) is 15.0 Å². The third kappa shape index (κ3) is 3.91. The van der Waals surface area contributed by atoms with Crippen LogP contribution in [0, 0.1) is 0 Å². The third-order valence-electron chi connectivity index (χ3n) is 2.85. The van der Waals surface area contributed by atoms with Crippen LogP contribution in [-0.2, 0) is 6.18 Å². The topological polar surface area (TPSA) is 62.1 Å². The maximum Gasteiger partial charge on any atom is 0.433 e. The summed E-state index contributed by atoms with van der Waals surface area (Å²) >= 11 is 0. The Hall–Kier alpha value is -2.22. The summed E-state index contributed by atoms with van der Waals surface area (Å²) in [6, 6.07) is 4.04. The van der Waals surface area contributed by atoms with Crippen LogP contribution in [0.3, 0.4) is 0 Å². The van der Waals surface area contributed by atoms with Gasteiger partial charge in [0, 0.05) is 37.6 Å². The normalized spacial score (nSPS) is 13.0. The summed E-state index contributed by atoms with van der Waals surface area (Å²) in [5.41, 5.74) is -0.644. The summed E-state index contributed by atoms with van der Waals surface area (Å²) in [7, 11) is 1.56. The van der Waals surface area contributed by atoms with E-state index in [1.165, 1.54) is 17.3 Å². The van der Waals surface area contributed by atoms with Crippen molar-refractivity contribution in [3.63, 3.8) is 0 Å². The molecule has 0 saturated heterocycles. The first-order chi connectivity index (χ1) is 10.3. The number of hydrogen-bond donors (Lipinski definition) is 1. The van der Waals surface area contributed by atoms with E-state index in [1.54, 1.807) is 26.1 Å². The lowest BCUT2D eigenvalue weighted by Gasteiger charge is -2.21. The number of likely N-dealkylation sites (N-methyl/N-ethyl adjacent to an activating group) is 1. The van der Waals surface area contributed by atoms with Gasteiger partial charge in [0.15, 0.2) is 11.5 Å². The first-order valence-electron chi connectivity index (χ1n) is 6.53. The number of hydrogen-bond acceptors (Lipinski definition) is 5. The van der Waals surface area contributed by atoms with E-state index >= 15 is 0 Å². The molecule has 0 aliphatic rings. The average Bonchev–Trinajstić information content (AvgIpc) is 2.46. The zero-order valence-corrected chi connectivity index (χ0v) is 12.0. The van der Waals surface area contributed by atoms with Crippen LogP contribution >= 0.6 is 0 Å². The van der Waals surface area contributed by atoms with Crippen molar-refractivity contribution in [3.8, 4) is 11.4 Å². The molecular formula is C14H15F3N4O. The minimum Gasteiger partial charge on any atom is -0.392 e. The lowest BCUT2D eigenvalue weighted by molar-refractivity contribution is -0.141. The highest BCUT2D eigenvalue weighted by Gasteiger charge is 2.34. The highest BCUT2D eigenvalue weighted by atomic mass is 19.4. The molecule has 118 valence electrons. The molecule has 0 aromatic carbocycles. The lowest BCUT2D eigenvalue weighted by atomic mass is 10.2. The Morgan fingerprint density at radius 1 is 1.32 bits per heavy atom. The van der Waals surface area contributed by atoms with Gasteiger partial charge in [0.25, 0.3) is 0 Å². The minimum atomic E-state index is -4.58. The molecule has 8 heteroatoms. The maximum absolute atomic E-state index is 13.0. The van der Waals surface area contributed by atoms with Gasteiger partial charge in [0.1, 0.15) is 5.82 Å². The van der Waals surface area contributed by atoms with Crippen molar-refractivity contribution in [2.75, 3.05) is 18.5 Å². The van der Waals surface area contributed by atoms with Gasteiger partial charge < -0.3 is 10.0 Å².